The molecule has 2 aromatic rings. The summed E-state index contributed by atoms with van der Waals surface area (Å²) in [5.41, 5.74) is 4.39. The third kappa shape index (κ3) is 5.16. The van der Waals surface area contributed by atoms with E-state index in [1.165, 1.54) is 11.3 Å². The Morgan fingerprint density at radius 3 is 2.55 bits per heavy atom. The largest absolute Gasteiger partial charge is 0.374 e. The zero-order chi connectivity index (χ0) is 23.4. The average Bonchev–Trinajstić information content (AvgIpc) is 3.20. The number of anilines is 2. The van der Waals surface area contributed by atoms with E-state index >= 15 is 0 Å². The minimum atomic E-state index is -0.773. The molecule has 33 heavy (non-hydrogen) atoms. The molecule has 4 rings (SSSR count). The van der Waals surface area contributed by atoms with Crippen molar-refractivity contribution in [3.8, 4) is 6.07 Å². The molecule has 0 aromatic heterocycles. The summed E-state index contributed by atoms with van der Waals surface area (Å²) in [7, 11) is 4.22. The number of carbonyl (C=O) groups excluding carboxylic acids is 2. The number of benzene rings is 2. The second kappa shape index (κ2) is 10.0. The van der Waals surface area contributed by atoms with E-state index in [0.29, 0.717) is 17.8 Å². The van der Waals surface area contributed by atoms with Gasteiger partial charge in [-0.05, 0) is 42.8 Å². The van der Waals surface area contributed by atoms with Crippen LogP contribution < -0.4 is 15.5 Å². The molecule has 2 aromatic carbocycles. The average molecular weight is 447 g/mol. The van der Waals surface area contributed by atoms with Gasteiger partial charge in [-0.2, -0.15) is 5.26 Å². The van der Waals surface area contributed by atoms with Crippen molar-refractivity contribution in [1.29, 1.82) is 5.26 Å². The molecule has 1 atom stereocenters. The summed E-state index contributed by atoms with van der Waals surface area (Å²) in [6.45, 7) is 5.07. The molecule has 0 saturated carbocycles. The van der Waals surface area contributed by atoms with Crippen molar-refractivity contribution in [3.05, 3.63) is 59.2 Å². The van der Waals surface area contributed by atoms with Gasteiger partial charge in [0.2, 0.25) is 0 Å². The van der Waals surface area contributed by atoms with Gasteiger partial charge in [0.1, 0.15) is 6.07 Å². The van der Waals surface area contributed by atoms with Crippen LogP contribution in [0, 0.1) is 11.3 Å². The van der Waals surface area contributed by atoms with Crippen molar-refractivity contribution in [2.24, 2.45) is 0 Å². The number of fused-ring (bicyclic) bond motifs is 1. The van der Waals surface area contributed by atoms with Crippen molar-refractivity contribution in [2.75, 3.05) is 63.6 Å². The molecule has 2 aliphatic rings. The number of nitrogens with one attached hydrogen (secondary N) is 2. The fourth-order valence-electron chi connectivity index (χ4n) is 4.52. The summed E-state index contributed by atoms with van der Waals surface area (Å²) in [6.07, 6.45) is 1.02. The molecule has 0 bridgehead atoms. The Morgan fingerprint density at radius 1 is 1.03 bits per heavy atom. The zero-order valence-corrected chi connectivity index (χ0v) is 19.2. The molecule has 8 nitrogen and oxygen atoms in total. The second-order valence-electron chi connectivity index (χ2n) is 8.74. The molecule has 1 saturated heterocycles. The molecule has 0 radical (unpaired) electrons. The molecule has 2 N–H and O–H groups in total. The monoisotopic (exact) mass is 446 g/mol. The van der Waals surface area contributed by atoms with Gasteiger partial charge in [-0.15, -0.1) is 0 Å². The Balaban J connectivity index is 1.47. The van der Waals surface area contributed by atoms with E-state index in [1.807, 2.05) is 6.07 Å². The summed E-state index contributed by atoms with van der Waals surface area (Å²) in [5, 5.41) is 14.6. The minimum Gasteiger partial charge on any atom is -0.374 e. The maximum atomic E-state index is 12.6. The molecule has 172 valence electrons. The lowest BCUT2D eigenvalue weighted by atomic mass is 10.00. The zero-order valence-electron chi connectivity index (χ0n) is 19.2. The standard InChI is InChI=1S/C25H30N6O2/c1-29-11-13-31(14-12-29)23(18-7-8-22-19(15-18)9-10-30(22)2)17-27-24(32)25(33)28-21-6-4-3-5-20(21)16-26/h3-8,15,23H,9-14,17H2,1-2H3,(H,27,32)(H,28,33)/t23-/m0/s1. The van der Waals surface area contributed by atoms with Crippen LogP contribution in [0.4, 0.5) is 11.4 Å². The Bertz CT molecular complexity index is 1070. The van der Waals surface area contributed by atoms with Gasteiger partial charge in [-0.1, -0.05) is 24.3 Å². The Kier molecular flexibility index (Phi) is 6.92. The maximum Gasteiger partial charge on any atom is 0.313 e. The number of hydrogen-bond acceptors (Lipinski definition) is 6. The molecule has 8 heteroatoms. The van der Waals surface area contributed by atoms with Crippen LogP contribution in [-0.2, 0) is 16.0 Å². The van der Waals surface area contributed by atoms with Crippen LogP contribution in [0.3, 0.4) is 0 Å². The van der Waals surface area contributed by atoms with Crippen LogP contribution in [-0.4, -0.2) is 75.0 Å². The Hall–Kier alpha value is -3.41. The quantitative estimate of drug-likeness (QED) is 0.678. The van der Waals surface area contributed by atoms with Gasteiger partial charge >= 0.3 is 11.8 Å². The van der Waals surface area contributed by atoms with Crippen molar-refractivity contribution < 1.29 is 9.59 Å². The summed E-state index contributed by atoms with van der Waals surface area (Å²) < 4.78 is 0. The van der Waals surface area contributed by atoms with Gasteiger partial charge in [0.25, 0.3) is 0 Å². The first-order valence-electron chi connectivity index (χ1n) is 11.3. The van der Waals surface area contributed by atoms with Gasteiger partial charge in [0, 0.05) is 52.0 Å². The molecule has 2 aliphatic heterocycles. The van der Waals surface area contributed by atoms with E-state index in [1.54, 1.807) is 24.3 Å². The van der Waals surface area contributed by atoms with Crippen LogP contribution in [0.1, 0.15) is 22.7 Å². The lowest BCUT2D eigenvalue weighted by molar-refractivity contribution is -0.136. The van der Waals surface area contributed by atoms with E-state index in [-0.39, 0.29) is 6.04 Å². The Labute approximate surface area is 194 Å². The van der Waals surface area contributed by atoms with E-state index < -0.39 is 11.8 Å². The van der Waals surface area contributed by atoms with Crippen LogP contribution in [0.5, 0.6) is 0 Å². The van der Waals surface area contributed by atoms with Gasteiger partial charge in [-0.3, -0.25) is 14.5 Å². The van der Waals surface area contributed by atoms with Crippen molar-refractivity contribution >= 4 is 23.2 Å². The van der Waals surface area contributed by atoms with E-state index in [9.17, 15) is 14.9 Å². The van der Waals surface area contributed by atoms with Gasteiger partial charge < -0.3 is 20.4 Å². The number of hydrogen-bond donors (Lipinski definition) is 2. The van der Waals surface area contributed by atoms with Crippen molar-refractivity contribution in [2.45, 2.75) is 12.5 Å². The third-order valence-electron chi connectivity index (χ3n) is 6.55. The molecule has 2 heterocycles. The molecular formula is C25H30N6O2. The highest BCUT2D eigenvalue weighted by Crippen LogP contribution is 2.31. The van der Waals surface area contributed by atoms with Crippen molar-refractivity contribution in [3.63, 3.8) is 0 Å². The first kappa shape index (κ1) is 22.8. The van der Waals surface area contributed by atoms with Gasteiger partial charge in [-0.25, -0.2) is 0 Å². The van der Waals surface area contributed by atoms with Crippen LogP contribution in [0.15, 0.2) is 42.5 Å². The lowest BCUT2D eigenvalue weighted by Crippen LogP contribution is -2.49. The fraction of sp³-hybridized carbons (Fsp3) is 0.400. The predicted molar refractivity (Wildman–Crippen MR) is 128 cm³/mol. The number of nitrogens with zero attached hydrogens (tertiary/aromatic N) is 4. The summed E-state index contributed by atoms with van der Waals surface area (Å²) >= 11 is 0. The van der Waals surface area contributed by atoms with Crippen LogP contribution >= 0.6 is 0 Å². The van der Waals surface area contributed by atoms with Crippen LogP contribution in [0.25, 0.3) is 0 Å². The lowest BCUT2D eigenvalue weighted by Gasteiger charge is -2.38. The third-order valence-corrected chi connectivity index (χ3v) is 6.55. The SMILES string of the molecule is CN1CCN([C@@H](CNC(=O)C(=O)Nc2ccccc2C#N)c2ccc3c(c2)CCN3C)CC1. The summed E-state index contributed by atoms with van der Waals surface area (Å²) in [5.74, 6) is -1.48. The summed E-state index contributed by atoms with van der Waals surface area (Å²) in [4.78, 5) is 32.0. The predicted octanol–water partition coefficient (Wildman–Crippen LogP) is 1.59. The molecule has 0 unspecified atom stereocenters. The number of nitriles is 1. The molecule has 0 spiro atoms. The normalized spacial score (nSPS) is 17.2. The van der Waals surface area contributed by atoms with Gasteiger partial charge in [0.05, 0.1) is 17.3 Å². The molecule has 2 amide bonds. The first-order valence-corrected chi connectivity index (χ1v) is 11.3. The number of piperazine rings is 1. The number of para-hydroxylation sites is 1. The topological polar surface area (TPSA) is 91.7 Å². The Morgan fingerprint density at radius 2 is 1.79 bits per heavy atom. The molecule has 0 aliphatic carbocycles. The second-order valence-corrected chi connectivity index (χ2v) is 8.74. The number of carbonyl (C=O) groups is 2. The van der Waals surface area contributed by atoms with E-state index in [4.69, 9.17) is 0 Å². The maximum absolute atomic E-state index is 12.6. The van der Waals surface area contributed by atoms with Crippen LogP contribution in [0.2, 0.25) is 0 Å². The number of amides is 2. The van der Waals surface area contributed by atoms with Crippen molar-refractivity contribution in [1.82, 2.24) is 15.1 Å². The highest BCUT2D eigenvalue weighted by atomic mass is 16.2. The minimum absolute atomic E-state index is 0.0157. The summed E-state index contributed by atoms with van der Waals surface area (Å²) in [6, 6.07) is 15.2. The number of likely N-dealkylation sites (N-methyl/N-ethyl adjacent to an activating group) is 2. The van der Waals surface area contributed by atoms with E-state index in [2.05, 4.69) is 57.6 Å². The first-order chi connectivity index (χ1) is 16.0. The fourth-order valence-corrected chi connectivity index (χ4v) is 4.52. The van der Waals surface area contributed by atoms with E-state index in [0.717, 1.165) is 44.7 Å². The molecule has 1 fully saturated rings. The highest BCUT2D eigenvalue weighted by molar-refractivity contribution is 6.39. The highest BCUT2D eigenvalue weighted by Gasteiger charge is 2.27. The molecular weight excluding hydrogens is 416 g/mol. The number of rotatable bonds is 5. The van der Waals surface area contributed by atoms with Gasteiger partial charge in [0.15, 0.2) is 0 Å². The smallest absolute Gasteiger partial charge is 0.313 e.